The largest absolute Gasteiger partial charge is 0.252 e. The average molecular weight is 466 g/mol. The highest BCUT2D eigenvalue weighted by atomic mass is 35.5. The molecule has 2 aliphatic heterocycles. The number of benzene rings is 2. The standard InChI is InChI=1S/C21H21ClFN3O2S2/c1-2-29-20-19(15-3-5-16(22)6-4-15)24-21(25-20)11-13-26(14-12-21)30(27,28)18-9-7-17(23)8-10-18/h3-10H,2,11-14H2,1H3. The first-order chi connectivity index (χ1) is 14.3. The van der Waals surface area contributed by atoms with Gasteiger partial charge in [-0.25, -0.2) is 17.8 Å². The highest BCUT2D eigenvalue weighted by molar-refractivity contribution is 8.15. The summed E-state index contributed by atoms with van der Waals surface area (Å²) in [4.78, 5) is 9.98. The van der Waals surface area contributed by atoms with Crippen molar-refractivity contribution < 1.29 is 12.8 Å². The quantitative estimate of drug-likeness (QED) is 0.662. The number of nitrogens with zero attached hydrogens (tertiary/aromatic N) is 3. The lowest BCUT2D eigenvalue weighted by Crippen LogP contribution is -2.44. The lowest BCUT2D eigenvalue weighted by atomic mass is 10.00. The van der Waals surface area contributed by atoms with Crippen LogP contribution >= 0.6 is 23.4 Å². The Morgan fingerprint density at radius 2 is 1.70 bits per heavy atom. The van der Waals surface area contributed by atoms with Crippen LogP contribution in [0.2, 0.25) is 5.02 Å². The minimum Gasteiger partial charge on any atom is -0.252 e. The van der Waals surface area contributed by atoms with E-state index in [1.807, 2.05) is 24.3 Å². The highest BCUT2D eigenvalue weighted by Gasteiger charge is 2.42. The molecule has 158 valence electrons. The summed E-state index contributed by atoms with van der Waals surface area (Å²) in [5, 5.41) is 1.54. The molecule has 2 aromatic rings. The van der Waals surface area contributed by atoms with E-state index in [2.05, 4.69) is 6.92 Å². The van der Waals surface area contributed by atoms with Gasteiger partial charge in [-0.15, -0.1) is 11.8 Å². The fraction of sp³-hybridized carbons (Fsp3) is 0.333. The van der Waals surface area contributed by atoms with Gasteiger partial charge in [-0.05, 0) is 42.2 Å². The Labute approximate surface area is 185 Å². The Hall–Kier alpha value is -1.74. The minimum absolute atomic E-state index is 0.0994. The summed E-state index contributed by atoms with van der Waals surface area (Å²) in [6.07, 6.45) is 0.997. The van der Waals surface area contributed by atoms with Crippen molar-refractivity contribution in [1.82, 2.24) is 4.31 Å². The van der Waals surface area contributed by atoms with Gasteiger partial charge in [0.05, 0.1) is 10.6 Å². The van der Waals surface area contributed by atoms with Crippen LogP contribution in [0, 0.1) is 5.82 Å². The van der Waals surface area contributed by atoms with Crippen molar-refractivity contribution in [3.63, 3.8) is 0 Å². The molecule has 5 nitrogen and oxygen atoms in total. The van der Waals surface area contributed by atoms with E-state index in [9.17, 15) is 12.8 Å². The predicted molar refractivity (Wildman–Crippen MR) is 121 cm³/mol. The summed E-state index contributed by atoms with van der Waals surface area (Å²) in [5.41, 5.74) is 1.16. The Kier molecular flexibility index (Phi) is 6.03. The first-order valence-electron chi connectivity index (χ1n) is 9.67. The summed E-state index contributed by atoms with van der Waals surface area (Å²) in [7, 11) is -3.67. The molecular formula is C21H21ClFN3O2S2. The second-order valence-electron chi connectivity index (χ2n) is 7.16. The van der Waals surface area contributed by atoms with Crippen molar-refractivity contribution in [2.75, 3.05) is 18.8 Å². The van der Waals surface area contributed by atoms with Gasteiger partial charge in [0.1, 0.15) is 10.9 Å². The zero-order valence-electron chi connectivity index (χ0n) is 16.4. The SMILES string of the molecule is CCSC1=NC2(CCN(S(=O)(=O)c3ccc(F)cc3)CC2)N=C1c1ccc(Cl)cc1. The van der Waals surface area contributed by atoms with Crippen LogP contribution in [0.3, 0.4) is 0 Å². The van der Waals surface area contributed by atoms with Crippen molar-refractivity contribution in [2.24, 2.45) is 9.98 Å². The molecule has 9 heteroatoms. The third-order valence-corrected chi connectivity index (χ3v) is 8.22. The van der Waals surface area contributed by atoms with Crippen LogP contribution in [-0.2, 0) is 10.0 Å². The molecule has 0 amide bonds. The summed E-state index contributed by atoms with van der Waals surface area (Å²) in [6.45, 7) is 2.69. The molecule has 4 rings (SSSR count). The Bertz CT molecular complexity index is 1090. The van der Waals surface area contributed by atoms with Crippen LogP contribution in [0.5, 0.6) is 0 Å². The van der Waals surface area contributed by atoms with E-state index in [4.69, 9.17) is 21.6 Å². The van der Waals surface area contributed by atoms with Crippen molar-refractivity contribution in [1.29, 1.82) is 0 Å². The van der Waals surface area contributed by atoms with E-state index in [-0.39, 0.29) is 4.90 Å². The van der Waals surface area contributed by atoms with Gasteiger partial charge < -0.3 is 0 Å². The van der Waals surface area contributed by atoms with Crippen molar-refractivity contribution in [3.8, 4) is 0 Å². The van der Waals surface area contributed by atoms with Gasteiger partial charge >= 0.3 is 0 Å². The van der Waals surface area contributed by atoms with Crippen LogP contribution in [0.1, 0.15) is 25.3 Å². The Morgan fingerprint density at radius 3 is 2.30 bits per heavy atom. The normalized spacial score (nSPS) is 19.0. The van der Waals surface area contributed by atoms with E-state index in [0.29, 0.717) is 31.0 Å². The van der Waals surface area contributed by atoms with Crippen LogP contribution in [0.15, 0.2) is 63.4 Å². The van der Waals surface area contributed by atoms with Gasteiger partial charge in [-0.3, -0.25) is 4.99 Å². The zero-order valence-corrected chi connectivity index (χ0v) is 18.8. The van der Waals surface area contributed by atoms with Crippen molar-refractivity contribution in [3.05, 3.63) is 64.9 Å². The Balaban J connectivity index is 1.57. The van der Waals surface area contributed by atoms with Crippen LogP contribution in [0.25, 0.3) is 0 Å². The molecule has 0 atom stereocenters. The second kappa shape index (κ2) is 8.42. The predicted octanol–water partition coefficient (Wildman–Crippen LogP) is 4.61. The molecule has 2 heterocycles. The second-order valence-corrected chi connectivity index (χ2v) is 10.8. The van der Waals surface area contributed by atoms with Crippen LogP contribution in [-0.4, -0.2) is 48.0 Å². The summed E-state index contributed by atoms with van der Waals surface area (Å²) < 4.78 is 40.4. The number of halogens is 2. The lowest BCUT2D eigenvalue weighted by molar-refractivity contribution is 0.249. The van der Waals surface area contributed by atoms with Crippen molar-refractivity contribution >= 4 is 44.1 Å². The summed E-state index contributed by atoms with van der Waals surface area (Å²) >= 11 is 7.65. The van der Waals surface area contributed by atoms with Gasteiger partial charge in [-0.2, -0.15) is 4.31 Å². The molecule has 2 aliphatic rings. The minimum atomic E-state index is -3.67. The molecule has 2 aromatic carbocycles. The Morgan fingerprint density at radius 1 is 1.07 bits per heavy atom. The number of thioether (sulfide) groups is 1. The number of sulfonamides is 1. The molecule has 0 saturated carbocycles. The van der Waals surface area contributed by atoms with E-state index >= 15 is 0 Å². The maximum absolute atomic E-state index is 13.2. The maximum Gasteiger partial charge on any atom is 0.243 e. The van der Waals surface area contributed by atoms with Crippen LogP contribution < -0.4 is 0 Å². The summed E-state index contributed by atoms with van der Waals surface area (Å²) in [6, 6.07) is 12.4. The van der Waals surface area contributed by atoms with Gasteiger partial charge in [0.2, 0.25) is 10.0 Å². The zero-order chi connectivity index (χ0) is 21.4. The average Bonchev–Trinajstić information content (AvgIpc) is 3.07. The number of rotatable bonds is 4. The fourth-order valence-electron chi connectivity index (χ4n) is 3.62. The molecule has 0 bridgehead atoms. The molecule has 1 spiro atoms. The maximum atomic E-state index is 13.2. The van der Waals surface area contributed by atoms with E-state index in [0.717, 1.165) is 34.2 Å². The topological polar surface area (TPSA) is 62.1 Å². The number of aliphatic imine (C=N–C) groups is 2. The first-order valence-corrected chi connectivity index (χ1v) is 12.5. The molecule has 0 aromatic heterocycles. The third kappa shape index (κ3) is 4.19. The number of piperidine rings is 1. The molecule has 0 N–H and O–H groups in total. The molecular weight excluding hydrogens is 445 g/mol. The molecule has 1 fully saturated rings. The third-order valence-electron chi connectivity index (χ3n) is 5.21. The smallest absolute Gasteiger partial charge is 0.243 e. The first kappa shape index (κ1) is 21.5. The van der Waals surface area contributed by atoms with Crippen LogP contribution in [0.4, 0.5) is 4.39 Å². The molecule has 0 unspecified atom stereocenters. The molecule has 1 saturated heterocycles. The molecule has 30 heavy (non-hydrogen) atoms. The molecule has 0 radical (unpaired) electrons. The van der Waals surface area contributed by atoms with E-state index < -0.39 is 21.5 Å². The fourth-order valence-corrected chi connectivity index (χ4v) is 6.00. The van der Waals surface area contributed by atoms with E-state index in [1.165, 1.54) is 16.4 Å². The summed E-state index contributed by atoms with van der Waals surface area (Å²) in [5.74, 6) is 0.406. The van der Waals surface area contributed by atoms with E-state index in [1.54, 1.807) is 11.8 Å². The van der Waals surface area contributed by atoms with Gasteiger partial charge in [-0.1, -0.05) is 30.7 Å². The monoisotopic (exact) mass is 465 g/mol. The highest BCUT2D eigenvalue weighted by Crippen LogP contribution is 2.37. The van der Waals surface area contributed by atoms with Gasteiger partial charge in [0, 0.05) is 36.5 Å². The number of hydrogen-bond donors (Lipinski definition) is 0. The number of hydrogen-bond acceptors (Lipinski definition) is 5. The van der Waals surface area contributed by atoms with Gasteiger partial charge in [0.15, 0.2) is 5.66 Å². The van der Waals surface area contributed by atoms with Gasteiger partial charge in [0.25, 0.3) is 0 Å². The lowest BCUT2D eigenvalue weighted by Gasteiger charge is -2.34. The molecule has 0 aliphatic carbocycles. The van der Waals surface area contributed by atoms with Crippen molar-refractivity contribution in [2.45, 2.75) is 30.3 Å².